The first kappa shape index (κ1) is 17.3. The van der Waals surface area contributed by atoms with Crippen LogP contribution in [0.25, 0.3) is 22.0 Å². The van der Waals surface area contributed by atoms with Crippen LogP contribution in [0.4, 0.5) is 0 Å². The summed E-state index contributed by atoms with van der Waals surface area (Å²) in [6.45, 7) is 2.30. The van der Waals surface area contributed by atoms with Gasteiger partial charge in [0.2, 0.25) is 6.79 Å². The summed E-state index contributed by atoms with van der Waals surface area (Å²) in [5.41, 5.74) is 2.72. The average Bonchev–Trinajstić information content (AvgIpc) is 3.16. The van der Waals surface area contributed by atoms with Gasteiger partial charge in [-0.1, -0.05) is 13.0 Å². The lowest BCUT2D eigenvalue weighted by atomic mass is 9.98. The van der Waals surface area contributed by atoms with Crippen LogP contribution in [0.1, 0.15) is 12.5 Å². The lowest BCUT2D eigenvalue weighted by molar-refractivity contribution is 0.174. The van der Waals surface area contributed by atoms with Gasteiger partial charge < -0.3 is 23.5 Å². The third kappa shape index (κ3) is 2.60. The number of benzene rings is 2. The van der Waals surface area contributed by atoms with E-state index >= 15 is 0 Å². The van der Waals surface area contributed by atoms with Crippen LogP contribution >= 0.6 is 0 Å². The summed E-state index contributed by atoms with van der Waals surface area (Å²) in [5.74, 6) is 2.42. The lowest BCUT2D eigenvalue weighted by Gasteiger charge is -2.16. The van der Waals surface area contributed by atoms with Gasteiger partial charge in [0, 0.05) is 12.6 Å². The summed E-state index contributed by atoms with van der Waals surface area (Å²) in [6.07, 6.45) is 0.810. The highest BCUT2D eigenvalue weighted by Gasteiger charge is 2.21. The Hall–Kier alpha value is -3.15. The Balaban J connectivity index is 2.02. The molecule has 0 unspecified atom stereocenters. The van der Waals surface area contributed by atoms with Gasteiger partial charge in [-0.25, -0.2) is 0 Å². The Kier molecular flexibility index (Phi) is 4.18. The van der Waals surface area contributed by atoms with Gasteiger partial charge in [0.15, 0.2) is 23.0 Å². The van der Waals surface area contributed by atoms with Gasteiger partial charge in [0.25, 0.3) is 5.56 Å². The fourth-order valence-electron chi connectivity index (χ4n) is 3.58. The van der Waals surface area contributed by atoms with E-state index < -0.39 is 0 Å². The van der Waals surface area contributed by atoms with Crippen molar-refractivity contribution in [1.82, 2.24) is 4.57 Å². The molecule has 0 spiro atoms. The van der Waals surface area contributed by atoms with Crippen molar-refractivity contribution < 1.29 is 18.9 Å². The van der Waals surface area contributed by atoms with Crippen LogP contribution in [-0.2, 0) is 13.5 Å². The summed E-state index contributed by atoms with van der Waals surface area (Å²) < 4.78 is 23.5. The predicted molar refractivity (Wildman–Crippen MR) is 103 cm³/mol. The molecule has 4 rings (SSSR count). The maximum atomic E-state index is 13.2. The Bertz CT molecular complexity index is 1100. The molecule has 0 fully saturated rings. The molecule has 0 aliphatic carbocycles. The standard InChI is InChI=1S/C21H21NO5/c1-5-12-9-17-18(27-11-26-17)10-14(12)15-8-13-6-7-16(24-3)20(25-4)19(13)21(23)22(15)2/h6-10H,5,11H2,1-4H3. The maximum Gasteiger partial charge on any atom is 0.262 e. The second-order valence-corrected chi connectivity index (χ2v) is 6.38. The van der Waals surface area contributed by atoms with Crippen molar-refractivity contribution in [2.45, 2.75) is 13.3 Å². The largest absolute Gasteiger partial charge is 0.493 e. The van der Waals surface area contributed by atoms with E-state index in [-0.39, 0.29) is 12.4 Å². The molecule has 6 nitrogen and oxygen atoms in total. The molecule has 0 N–H and O–H groups in total. The van der Waals surface area contributed by atoms with E-state index in [4.69, 9.17) is 18.9 Å². The fraction of sp³-hybridized carbons (Fsp3) is 0.286. The van der Waals surface area contributed by atoms with E-state index in [1.54, 1.807) is 18.7 Å². The molecule has 0 bridgehead atoms. The highest BCUT2D eigenvalue weighted by Crippen LogP contribution is 2.40. The topological polar surface area (TPSA) is 58.9 Å². The fourth-order valence-corrected chi connectivity index (χ4v) is 3.58. The first-order valence-electron chi connectivity index (χ1n) is 8.76. The van der Waals surface area contributed by atoms with Gasteiger partial charge in [-0.15, -0.1) is 0 Å². The molecule has 0 saturated carbocycles. The molecule has 2 heterocycles. The molecule has 0 radical (unpaired) electrons. The molecule has 0 atom stereocenters. The summed E-state index contributed by atoms with van der Waals surface area (Å²) in [6, 6.07) is 9.61. The molecule has 0 amide bonds. The van der Waals surface area contributed by atoms with E-state index in [2.05, 4.69) is 6.92 Å². The van der Waals surface area contributed by atoms with Crippen molar-refractivity contribution in [2.24, 2.45) is 7.05 Å². The second kappa shape index (κ2) is 6.54. The molecule has 27 heavy (non-hydrogen) atoms. The normalized spacial score (nSPS) is 12.4. The van der Waals surface area contributed by atoms with Crippen LogP contribution in [0.2, 0.25) is 0 Å². The van der Waals surface area contributed by atoms with Gasteiger partial charge in [0.05, 0.1) is 25.3 Å². The Morgan fingerprint density at radius 3 is 2.48 bits per heavy atom. The summed E-state index contributed by atoms with van der Waals surface area (Å²) >= 11 is 0. The number of pyridine rings is 1. The molecule has 140 valence electrons. The number of nitrogens with zero attached hydrogens (tertiary/aromatic N) is 1. The molecule has 1 aliphatic rings. The van der Waals surface area contributed by atoms with Crippen LogP contribution in [0.15, 0.2) is 35.1 Å². The number of aryl methyl sites for hydroxylation is 1. The first-order chi connectivity index (χ1) is 13.1. The van der Waals surface area contributed by atoms with Gasteiger partial charge >= 0.3 is 0 Å². The third-order valence-corrected chi connectivity index (χ3v) is 5.01. The molecule has 2 aromatic carbocycles. The minimum Gasteiger partial charge on any atom is -0.493 e. The van der Waals surface area contributed by atoms with Gasteiger partial charge in [0.1, 0.15) is 0 Å². The predicted octanol–water partition coefficient (Wildman–Crippen LogP) is 3.51. The summed E-state index contributed by atoms with van der Waals surface area (Å²) in [7, 11) is 4.86. The SMILES string of the molecule is CCc1cc2c(cc1-c1cc3ccc(OC)c(OC)c3c(=O)n1C)OCO2. The third-order valence-electron chi connectivity index (χ3n) is 5.01. The van der Waals surface area contributed by atoms with Crippen molar-refractivity contribution in [2.75, 3.05) is 21.0 Å². The van der Waals surface area contributed by atoms with E-state index in [1.165, 1.54) is 7.11 Å². The second-order valence-electron chi connectivity index (χ2n) is 6.38. The number of hydrogen-bond acceptors (Lipinski definition) is 5. The van der Waals surface area contributed by atoms with E-state index in [1.807, 2.05) is 30.3 Å². The molecule has 1 aromatic heterocycles. The number of hydrogen-bond donors (Lipinski definition) is 0. The summed E-state index contributed by atoms with van der Waals surface area (Å²) in [5, 5.41) is 1.30. The zero-order valence-corrected chi connectivity index (χ0v) is 15.8. The minimum atomic E-state index is -0.141. The summed E-state index contributed by atoms with van der Waals surface area (Å²) in [4.78, 5) is 13.2. The Labute approximate surface area is 156 Å². The molecular formula is C21H21NO5. The van der Waals surface area contributed by atoms with Crippen molar-refractivity contribution in [3.63, 3.8) is 0 Å². The number of methoxy groups -OCH3 is 2. The average molecular weight is 367 g/mol. The molecule has 1 aliphatic heterocycles. The number of aromatic nitrogens is 1. The van der Waals surface area contributed by atoms with E-state index in [0.717, 1.165) is 34.4 Å². The Morgan fingerprint density at radius 1 is 1.07 bits per heavy atom. The van der Waals surface area contributed by atoms with Crippen molar-refractivity contribution in [1.29, 1.82) is 0 Å². The van der Waals surface area contributed by atoms with Crippen LogP contribution in [0.5, 0.6) is 23.0 Å². The van der Waals surface area contributed by atoms with Crippen LogP contribution in [0, 0.1) is 0 Å². The molecule has 0 saturated heterocycles. The zero-order valence-electron chi connectivity index (χ0n) is 15.8. The van der Waals surface area contributed by atoms with Gasteiger partial charge in [-0.05, 0) is 41.6 Å². The van der Waals surface area contributed by atoms with Crippen molar-refractivity contribution in [3.8, 4) is 34.3 Å². The minimum absolute atomic E-state index is 0.141. The van der Waals surface area contributed by atoms with Crippen LogP contribution < -0.4 is 24.5 Å². The molecule has 6 heteroatoms. The van der Waals surface area contributed by atoms with Crippen LogP contribution in [-0.4, -0.2) is 25.6 Å². The smallest absolute Gasteiger partial charge is 0.262 e. The van der Waals surface area contributed by atoms with E-state index in [9.17, 15) is 4.79 Å². The number of ether oxygens (including phenoxy) is 4. The molecule has 3 aromatic rings. The van der Waals surface area contributed by atoms with Gasteiger partial charge in [-0.2, -0.15) is 0 Å². The lowest BCUT2D eigenvalue weighted by Crippen LogP contribution is -2.19. The monoisotopic (exact) mass is 367 g/mol. The zero-order chi connectivity index (χ0) is 19.1. The highest BCUT2D eigenvalue weighted by molar-refractivity contribution is 5.92. The Morgan fingerprint density at radius 2 is 1.81 bits per heavy atom. The first-order valence-corrected chi connectivity index (χ1v) is 8.76. The quantitative estimate of drug-likeness (QED) is 0.706. The molecular weight excluding hydrogens is 346 g/mol. The number of rotatable bonds is 4. The highest BCUT2D eigenvalue weighted by atomic mass is 16.7. The van der Waals surface area contributed by atoms with Crippen molar-refractivity contribution in [3.05, 3.63) is 46.2 Å². The maximum absolute atomic E-state index is 13.2. The van der Waals surface area contributed by atoms with Crippen molar-refractivity contribution >= 4 is 10.8 Å². The van der Waals surface area contributed by atoms with Crippen LogP contribution in [0.3, 0.4) is 0 Å². The van der Waals surface area contributed by atoms with E-state index in [0.29, 0.717) is 22.6 Å². The van der Waals surface area contributed by atoms with Gasteiger partial charge in [-0.3, -0.25) is 4.79 Å². The number of fused-ring (bicyclic) bond motifs is 2.